The number of hydrogen-bond donors (Lipinski definition) is 1. The summed E-state index contributed by atoms with van der Waals surface area (Å²) >= 11 is 0. The van der Waals surface area contributed by atoms with Gasteiger partial charge in [-0.1, -0.05) is 6.92 Å². The summed E-state index contributed by atoms with van der Waals surface area (Å²) in [5, 5.41) is 10.6. The molecule has 0 unspecified atom stereocenters. The molecule has 0 bridgehead atoms. The Bertz CT molecular complexity index is 108. The molecule has 3 heteroatoms. The normalized spacial score (nSPS) is 30.9. The van der Waals surface area contributed by atoms with Crippen LogP contribution < -0.4 is 0 Å². The maximum absolute atomic E-state index is 9.20. The van der Waals surface area contributed by atoms with Gasteiger partial charge in [0.2, 0.25) is 0 Å². The predicted molar refractivity (Wildman–Crippen MR) is 40.1 cm³/mol. The second-order valence-electron chi connectivity index (χ2n) is 2.91. The average molecular weight is 144 g/mol. The second kappa shape index (κ2) is 3.32. The van der Waals surface area contributed by atoms with E-state index < -0.39 is 0 Å². The Hall–Kier alpha value is -0.120. The third-order valence-corrected chi connectivity index (χ3v) is 2.12. The summed E-state index contributed by atoms with van der Waals surface area (Å²) in [6, 6.07) is 0.300. The van der Waals surface area contributed by atoms with Gasteiger partial charge in [-0.25, -0.2) is 0 Å². The van der Waals surface area contributed by atoms with Crippen LogP contribution in [-0.4, -0.2) is 47.4 Å². The molecule has 1 saturated heterocycles. The number of nitrogens with zero attached hydrogens (tertiary/aromatic N) is 2. The van der Waals surface area contributed by atoms with E-state index in [1.165, 1.54) is 5.06 Å². The Morgan fingerprint density at radius 1 is 1.50 bits per heavy atom. The molecule has 1 N–H and O–H groups in total. The molecule has 0 aliphatic carbocycles. The van der Waals surface area contributed by atoms with Gasteiger partial charge in [0.25, 0.3) is 0 Å². The van der Waals surface area contributed by atoms with Gasteiger partial charge in [-0.05, 0) is 13.5 Å². The topological polar surface area (TPSA) is 26.7 Å². The summed E-state index contributed by atoms with van der Waals surface area (Å²) in [6.07, 6.45) is 0. The SMILES string of the molecule is CCN1CCN(O)[C@H](C)C1. The highest BCUT2D eigenvalue weighted by atomic mass is 16.5. The first-order valence-electron chi connectivity index (χ1n) is 3.92. The molecule has 1 heterocycles. The van der Waals surface area contributed by atoms with Crippen LogP contribution in [0.4, 0.5) is 0 Å². The van der Waals surface area contributed by atoms with Crippen molar-refractivity contribution in [1.29, 1.82) is 0 Å². The summed E-state index contributed by atoms with van der Waals surface area (Å²) in [6.45, 7) is 8.07. The van der Waals surface area contributed by atoms with Gasteiger partial charge in [-0.2, -0.15) is 5.06 Å². The van der Waals surface area contributed by atoms with Crippen LogP contribution in [0.15, 0.2) is 0 Å². The van der Waals surface area contributed by atoms with Crippen LogP contribution in [0.5, 0.6) is 0 Å². The molecule has 3 nitrogen and oxygen atoms in total. The summed E-state index contributed by atoms with van der Waals surface area (Å²) in [4.78, 5) is 2.34. The van der Waals surface area contributed by atoms with Gasteiger partial charge in [-0.15, -0.1) is 0 Å². The fourth-order valence-electron chi connectivity index (χ4n) is 1.31. The largest absolute Gasteiger partial charge is 0.314 e. The summed E-state index contributed by atoms with van der Waals surface area (Å²) in [5.41, 5.74) is 0. The number of likely N-dealkylation sites (N-methyl/N-ethyl adjacent to an activating group) is 1. The van der Waals surface area contributed by atoms with Crippen LogP contribution in [0.3, 0.4) is 0 Å². The van der Waals surface area contributed by atoms with E-state index in [2.05, 4.69) is 11.8 Å². The molecular weight excluding hydrogens is 128 g/mol. The van der Waals surface area contributed by atoms with Crippen LogP contribution in [0.1, 0.15) is 13.8 Å². The molecule has 1 aliphatic heterocycles. The van der Waals surface area contributed by atoms with Gasteiger partial charge < -0.3 is 10.1 Å². The second-order valence-corrected chi connectivity index (χ2v) is 2.91. The summed E-state index contributed by atoms with van der Waals surface area (Å²) in [5.74, 6) is 0. The van der Waals surface area contributed by atoms with Crippen molar-refractivity contribution < 1.29 is 5.21 Å². The minimum Gasteiger partial charge on any atom is -0.314 e. The molecule has 10 heavy (non-hydrogen) atoms. The zero-order valence-corrected chi connectivity index (χ0v) is 6.75. The molecule has 60 valence electrons. The first kappa shape index (κ1) is 7.98. The first-order chi connectivity index (χ1) is 4.74. The Morgan fingerprint density at radius 2 is 2.20 bits per heavy atom. The van der Waals surface area contributed by atoms with Crippen LogP contribution in [-0.2, 0) is 0 Å². The quantitative estimate of drug-likeness (QED) is 0.577. The van der Waals surface area contributed by atoms with Gasteiger partial charge in [0.15, 0.2) is 0 Å². The van der Waals surface area contributed by atoms with Crippen molar-refractivity contribution >= 4 is 0 Å². The molecule has 0 saturated carbocycles. The highest BCUT2D eigenvalue weighted by Crippen LogP contribution is 2.04. The third kappa shape index (κ3) is 1.68. The van der Waals surface area contributed by atoms with Gasteiger partial charge in [-0.3, -0.25) is 0 Å². The summed E-state index contributed by atoms with van der Waals surface area (Å²) < 4.78 is 0. The smallest absolute Gasteiger partial charge is 0.0449 e. The van der Waals surface area contributed by atoms with Crippen molar-refractivity contribution in [3.05, 3.63) is 0 Å². The van der Waals surface area contributed by atoms with Crippen molar-refractivity contribution in [2.24, 2.45) is 0 Å². The van der Waals surface area contributed by atoms with E-state index >= 15 is 0 Å². The van der Waals surface area contributed by atoms with Crippen molar-refractivity contribution in [2.75, 3.05) is 26.2 Å². The van der Waals surface area contributed by atoms with Gasteiger partial charge in [0, 0.05) is 25.7 Å². The van der Waals surface area contributed by atoms with Crippen LogP contribution >= 0.6 is 0 Å². The Morgan fingerprint density at radius 3 is 2.70 bits per heavy atom. The highest BCUT2D eigenvalue weighted by Gasteiger charge is 2.20. The van der Waals surface area contributed by atoms with Crippen LogP contribution in [0.25, 0.3) is 0 Å². The van der Waals surface area contributed by atoms with Crippen molar-refractivity contribution in [2.45, 2.75) is 19.9 Å². The molecule has 1 aliphatic rings. The fourth-order valence-corrected chi connectivity index (χ4v) is 1.31. The molecular formula is C7H16N2O. The van der Waals surface area contributed by atoms with E-state index in [1.807, 2.05) is 6.92 Å². The van der Waals surface area contributed by atoms with Gasteiger partial charge >= 0.3 is 0 Å². The van der Waals surface area contributed by atoms with Gasteiger partial charge in [0.1, 0.15) is 0 Å². The predicted octanol–water partition coefficient (Wildman–Crippen LogP) is 0.402. The zero-order chi connectivity index (χ0) is 7.56. The third-order valence-electron chi connectivity index (χ3n) is 2.12. The van der Waals surface area contributed by atoms with E-state index in [4.69, 9.17) is 0 Å². The molecule has 0 aromatic carbocycles. The van der Waals surface area contributed by atoms with Crippen molar-refractivity contribution in [3.63, 3.8) is 0 Å². The first-order valence-corrected chi connectivity index (χ1v) is 3.92. The molecule has 0 radical (unpaired) electrons. The van der Waals surface area contributed by atoms with Crippen molar-refractivity contribution in [3.8, 4) is 0 Å². The number of hydroxylamine groups is 2. The standard InChI is InChI=1S/C7H16N2O/c1-3-8-4-5-9(10)7(2)6-8/h7,10H,3-6H2,1-2H3/t7-/m1/s1. The van der Waals surface area contributed by atoms with Crippen LogP contribution in [0, 0.1) is 0 Å². The lowest BCUT2D eigenvalue weighted by Gasteiger charge is -2.35. The maximum Gasteiger partial charge on any atom is 0.0449 e. The molecule has 1 fully saturated rings. The molecule has 0 spiro atoms. The number of piperazine rings is 1. The summed E-state index contributed by atoms with van der Waals surface area (Å²) in [7, 11) is 0. The molecule has 0 aromatic heterocycles. The van der Waals surface area contributed by atoms with E-state index in [0.29, 0.717) is 6.04 Å². The minimum atomic E-state index is 0.300. The van der Waals surface area contributed by atoms with E-state index in [-0.39, 0.29) is 0 Å². The number of hydrogen-bond acceptors (Lipinski definition) is 3. The lowest BCUT2D eigenvalue weighted by Crippen LogP contribution is -2.50. The lowest BCUT2D eigenvalue weighted by molar-refractivity contribution is -0.149. The van der Waals surface area contributed by atoms with Crippen molar-refractivity contribution in [1.82, 2.24) is 9.96 Å². The minimum absolute atomic E-state index is 0.300. The molecule has 1 atom stereocenters. The Labute approximate surface area is 62.2 Å². The molecule has 1 rings (SSSR count). The maximum atomic E-state index is 9.20. The average Bonchev–Trinajstić information content (AvgIpc) is 1.95. The zero-order valence-electron chi connectivity index (χ0n) is 6.75. The fraction of sp³-hybridized carbons (Fsp3) is 1.00. The lowest BCUT2D eigenvalue weighted by atomic mass is 10.2. The molecule has 0 aromatic rings. The Kier molecular flexibility index (Phi) is 2.65. The molecule has 0 amide bonds. The monoisotopic (exact) mass is 144 g/mol. The van der Waals surface area contributed by atoms with Crippen LogP contribution in [0.2, 0.25) is 0 Å². The Balaban J connectivity index is 2.33. The number of rotatable bonds is 1. The van der Waals surface area contributed by atoms with E-state index in [0.717, 1.165) is 26.2 Å². The van der Waals surface area contributed by atoms with Gasteiger partial charge in [0.05, 0.1) is 0 Å². The van der Waals surface area contributed by atoms with E-state index in [9.17, 15) is 5.21 Å². The van der Waals surface area contributed by atoms with E-state index in [1.54, 1.807) is 0 Å². The highest BCUT2D eigenvalue weighted by molar-refractivity contribution is 4.72.